The lowest BCUT2D eigenvalue weighted by atomic mass is 10.1. The highest BCUT2D eigenvalue weighted by Gasteiger charge is 2.44. The second-order valence-electron chi connectivity index (χ2n) is 7.08. The molecule has 12 nitrogen and oxygen atoms in total. The molecule has 0 bridgehead atoms. The van der Waals surface area contributed by atoms with Gasteiger partial charge in [0.05, 0.1) is 19.1 Å². The van der Waals surface area contributed by atoms with E-state index in [0.717, 1.165) is 11.1 Å². The Labute approximate surface area is 175 Å². The maximum Gasteiger partial charge on any atom is 0.254 e. The maximum absolute atomic E-state index is 10.4. The largest absolute Gasteiger partial charge is 0.394 e. The standard InChI is InChI=1S/C19H20N8O4/c1-20-16-13-17(26(9-22-13)18-15(30)14(29)12(8-28)31-18)25-19(24-16)27-7-11(6-23-27)10-2-4-21-5-3-10/h2-7,9,12,14-15,18,28-30H,8H2,1H3,(H,20,24,25)/t12-,14-,15-,18?/m1/s1. The molecular formula is C19H20N8O4. The molecule has 160 valence electrons. The number of aliphatic hydroxyl groups is 3. The first-order valence-electron chi connectivity index (χ1n) is 9.61. The summed E-state index contributed by atoms with van der Waals surface area (Å²) in [6.07, 6.45) is 4.00. The van der Waals surface area contributed by atoms with E-state index in [1.807, 2.05) is 12.1 Å². The predicted molar refractivity (Wildman–Crippen MR) is 108 cm³/mol. The van der Waals surface area contributed by atoms with Crippen LogP contribution in [0.4, 0.5) is 5.82 Å². The maximum atomic E-state index is 10.4. The molecule has 12 heteroatoms. The van der Waals surface area contributed by atoms with E-state index in [2.05, 4.69) is 30.4 Å². The van der Waals surface area contributed by atoms with Gasteiger partial charge in [0, 0.05) is 31.2 Å². The zero-order chi connectivity index (χ0) is 21.5. The van der Waals surface area contributed by atoms with Crippen molar-refractivity contribution < 1.29 is 20.1 Å². The molecule has 0 aromatic carbocycles. The molecular weight excluding hydrogens is 404 g/mol. The summed E-state index contributed by atoms with van der Waals surface area (Å²) in [6, 6.07) is 3.75. The molecule has 0 saturated carbocycles. The molecule has 4 aromatic heterocycles. The minimum atomic E-state index is -1.26. The van der Waals surface area contributed by atoms with Crippen LogP contribution in [0.3, 0.4) is 0 Å². The number of nitrogens with one attached hydrogen (secondary N) is 1. The van der Waals surface area contributed by atoms with E-state index < -0.39 is 31.1 Å². The minimum absolute atomic E-state index is 0.283. The predicted octanol–water partition coefficient (Wildman–Crippen LogP) is -0.273. The van der Waals surface area contributed by atoms with Gasteiger partial charge in [0.1, 0.15) is 18.3 Å². The second-order valence-corrected chi connectivity index (χ2v) is 7.08. The Kier molecular flexibility index (Phi) is 4.82. The van der Waals surface area contributed by atoms with Crippen LogP contribution in [-0.2, 0) is 4.74 Å². The van der Waals surface area contributed by atoms with E-state index in [4.69, 9.17) is 4.74 Å². The fourth-order valence-corrected chi connectivity index (χ4v) is 3.60. The van der Waals surface area contributed by atoms with Gasteiger partial charge in [-0.3, -0.25) is 9.55 Å². The lowest BCUT2D eigenvalue weighted by Crippen LogP contribution is -2.33. The molecule has 1 aliphatic heterocycles. The molecule has 1 saturated heterocycles. The second kappa shape index (κ2) is 7.67. The lowest BCUT2D eigenvalue weighted by Gasteiger charge is -2.17. The van der Waals surface area contributed by atoms with E-state index in [1.165, 1.54) is 15.6 Å². The fraction of sp³-hybridized carbons (Fsp3) is 0.316. The van der Waals surface area contributed by atoms with E-state index in [9.17, 15) is 15.3 Å². The van der Waals surface area contributed by atoms with Gasteiger partial charge in [-0.05, 0) is 17.7 Å². The monoisotopic (exact) mass is 424 g/mol. The van der Waals surface area contributed by atoms with Crippen LogP contribution in [0.2, 0.25) is 0 Å². The summed E-state index contributed by atoms with van der Waals surface area (Å²) in [5.74, 6) is 0.747. The zero-order valence-corrected chi connectivity index (χ0v) is 16.4. The van der Waals surface area contributed by atoms with Crippen molar-refractivity contribution in [1.82, 2.24) is 34.3 Å². The Hall–Kier alpha value is -3.45. The van der Waals surface area contributed by atoms with Crippen molar-refractivity contribution in [3.8, 4) is 17.1 Å². The van der Waals surface area contributed by atoms with Crippen molar-refractivity contribution in [3.63, 3.8) is 0 Å². The molecule has 4 atom stereocenters. The third-order valence-electron chi connectivity index (χ3n) is 5.24. The number of pyridine rings is 1. The van der Waals surface area contributed by atoms with Gasteiger partial charge >= 0.3 is 0 Å². The van der Waals surface area contributed by atoms with Crippen molar-refractivity contribution in [2.45, 2.75) is 24.5 Å². The highest BCUT2D eigenvalue weighted by Crippen LogP contribution is 2.32. The number of imidazole rings is 1. The van der Waals surface area contributed by atoms with Crippen LogP contribution in [0.1, 0.15) is 6.23 Å². The number of aromatic nitrogens is 7. The van der Waals surface area contributed by atoms with Crippen LogP contribution >= 0.6 is 0 Å². The summed E-state index contributed by atoms with van der Waals surface area (Å²) >= 11 is 0. The third kappa shape index (κ3) is 3.21. The number of nitrogens with zero attached hydrogens (tertiary/aromatic N) is 7. The first kappa shape index (κ1) is 19.5. The van der Waals surface area contributed by atoms with Gasteiger partial charge in [-0.1, -0.05) is 0 Å². The Morgan fingerprint density at radius 2 is 1.94 bits per heavy atom. The number of hydrogen-bond donors (Lipinski definition) is 4. The van der Waals surface area contributed by atoms with E-state index in [1.54, 1.807) is 31.8 Å². The fourth-order valence-electron chi connectivity index (χ4n) is 3.60. The Morgan fingerprint density at radius 3 is 2.65 bits per heavy atom. The average molecular weight is 424 g/mol. The first-order chi connectivity index (χ1) is 15.1. The van der Waals surface area contributed by atoms with Gasteiger partial charge in [0.15, 0.2) is 23.2 Å². The SMILES string of the molecule is CNc1nc(-n2cc(-c3ccncc3)cn2)nc2c1ncn2C1O[C@H](CO)[C@@H](O)[C@H]1O. The molecule has 1 fully saturated rings. The molecule has 5 rings (SSSR count). The van der Waals surface area contributed by atoms with E-state index in [-0.39, 0.29) is 5.95 Å². The molecule has 31 heavy (non-hydrogen) atoms. The van der Waals surface area contributed by atoms with Gasteiger partial charge in [0.2, 0.25) is 0 Å². The number of rotatable bonds is 5. The molecule has 1 unspecified atom stereocenters. The molecule has 0 aliphatic carbocycles. The van der Waals surface area contributed by atoms with Gasteiger partial charge in [0.25, 0.3) is 5.95 Å². The Bertz CT molecular complexity index is 1210. The molecule has 4 N–H and O–H groups in total. The van der Waals surface area contributed by atoms with Gasteiger partial charge < -0.3 is 25.4 Å². The van der Waals surface area contributed by atoms with Crippen LogP contribution in [0.5, 0.6) is 0 Å². The molecule has 1 aliphatic rings. The molecule has 5 heterocycles. The molecule has 0 radical (unpaired) electrons. The van der Waals surface area contributed by atoms with Crippen LogP contribution < -0.4 is 5.32 Å². The lowest BCUT2D eigenvalue weighted by molar-refractivity contribution is -0.0511. The van der Waals surface area contributed by atoms with Crippen LogP contribution in [0.25, 0.3) is 28.2 Å². The molecule has 4 aromatic rings. The highest BCUT2D eigenvalue weighted by molar-refractivity contribution is 5.83. The molecule has 0 spiro atoms. The van der Waals surface area contributed by atoms with Gasteiger partial charge in [-0.2, -0.15) is 15.1 Å². The van der Waals surface area contributed by atoms with Gasteiger partial charge in [-0.25, -0.2) is 9.67 Å². The normalized spacial score (nSPS) is 23.5. The number of ether oxygens (including phenoxy) is 1. The van der Waals surface area contributed by atoms with Crippen LogP contribution in [-0.4, -0.2) is 81.6 Å². The summed E-state index contributed by atoms with van der Waals surface area (Å²) in [4.78, 5) is 17.4. The first-order valence-corrected chi connectivity index (χ1v) is 9.61. The topological polar surface area (TPSA) is 156 Å². The Morgan fingerprint density at radius 1 is 1.13 bits per heavy atom. The average Bonchev–Trinajstić information content (AvgIpc) is 3.52. The number of hydrogen-bond acceptors (Lipinski definition) is 10. The van der Waals surface area contributed by atoms with Crippen LogP contribution in [0, 0.1) is 0 Å². The zero-order valence-electron chi connectivity index (χ0n) is 16.4. The quantitative estimate of drug-likeness (QED) is 0.336. The minimum Gasteiger partial charge on any atom is -0.394 e. The summed E-state index contributed by atoms with van der Waals surface area (Å²) in [6.45, 7) is -0.422. The van der Waals surface area contributed by atoms with E-state index >= 15 is 0 Å². The number of aliphatic hydroxyl groups excluding tert-OH is 3. The highest BCUT2D eigenvalue weighted by atomic mass is 16.6. The third-order valence-corrected chi connectivity index (χ3v) is 5.24. The summed E-state index contributed by atoms with van der Waals surface area (Å²) in [5, 5.41) is 37.3. The number of anilines is 1. The van der Waals surface area contributed by atoms with Crippen molar-refractivity contribution in [2.24, 2.45) is 0 Å². The smallest absolute Gasteiger partial charge is 0.254 e. The van der Waals surface area contributed by atoms with Gasteiger partial charge in [-0.15, -0.1) is 0 Å². The van der Waals surface area contributed by atoms with E-state index in [0.29, 0.717) is 17.0 Å². The van der Waals surface area contributed by atoms with Crippen molar-refractivity contribution in [1.29, 1.82) is 0 Å². The van der Waals surface area contributed by atoms with Crippen LogP contribution in [0.15, 0.2) is 43.2 Å². The summed E-state index contributed by atoms with van der Waals surface area (Å²) in [5.41, 5.74) is 2.66. The van der Waals surface area contributed by atoms with Crippen molar-refractivity contribution >= 4 is 17.0 Å². The molecule has 0 amide bonds. The summed E-state index contributed by atoms with van der Waals surface area (Å²) < 4.78 is 8.68. The Balaban J connectivity index is 1.58. The number of fused-ring (bicyclic) bond motifs is 1. The van der Waals surface area contributed by atoms with Crippen molar-refractivity contribution in [3.05, 3.63) is 43.2 Å². The summed E-state index contributed by atoms with van der Waals surface area (Å²) in [7, 11) is 1.71. The van der Waals surface area contributed by atoms with Crippen molar-refractivity contribution in [2.75, 3.05) is 19.0 Å².